The minimum atomic E-state index is -4.62. The zero-order chi connectivity index (χ0) is 13.9. The fourth-order valence-corrected chi connectivity index (χ4v) is 1.27. The number of hydrogen-bond acceptors (Lipinski definition) is 2. The van der Waals surface area contributed by atoms with Crippen LogP contribution < -0.4 is 11.2 Å². The molecule has 0 aliphatic carbocycles. The van der Waals surface area contributed by atoms with Crippen molar-refractivity contribution in [1.29, 1.82) is 0 Å². The van der Waals surface area contributed by atoms with E-state index in [2.05, 4.69) is 5.10 Å². The van der Waals surface area contributed by atoms with Gasteiger partial charge in [0.2, 0.25) is 0 Å². The van der Waals surface area contributed by atoms with E-state index in [1.807, 2.05) is 0 Å². The molecular formula is C10H9F4N3O. The van der Waals surface area contributed by atoms with E-state index in [1.54, 1.807) is 5.43 Å². The third-order valence-electron chi connectivity index (χ3n) is 2.03. The molecule has 1 aromatic rings. The van der Waals surface area contributed by atoms with Crippen molar-refractivity contribution < 1.29 is 22.4 Å². The number of carbonyl (C=O) groups is 1. The summed E-state index contributed by atoms with van der Waals surface area (Å²) in [5.41, 5.74) is 5.11. The quantitative estimate of drug-likeness (QED) is 0.479. The Bertz CT molecular complexity index is 497. The zero-order valence-corrected chi connectivity index (χ0v) is 9.18. The van der Waals surface area contributed by atoms with Crippen LogP contribution >= 0.6 is 0 Å². The molecule has 0 aromatic heterocycles. The Hall–Kier alpha value is -2.12. The summed E-state index contributed by atoms with van der Waals surface area (Å²) in [6, 6.07) is 0.390. The molecule has 0 saturated heterocycles. The monoisotopic (exact) mass is 263 g/mol. The highest BCUT2D eigenvalue weighted by molar-refractivity contribution is 5.82. The second-order valence-corrected chi connectivity index (χ2v) is 3.42. The molecule has 98 valence electrons. The van der Waals surface area contributed by atoms with E-state index in [9.17, 15) is 22.4 Å². The second-order valence-electron chi connectivity index (χ2n) is 3.42. The van der Waals surface area contributed by atoms with Gasteiger partial charge in [-0.05, 0) is 24.6 Å². The first kappa shape index (κ1) is 13.9. The van der Waals surface area contributed by atoms with Gasteiger partial charge in [0.15, 0.2) is 0 Å². The van der Waals surface area contributed by atoms with E-state index in [-0.39, 0.29) is 11.1 Å². The van der Waals surface area contributed by atoms with Crippen molar-refractivity contribution in [1.82, 2.24) is 5.43 Å². The summed E-state index contributed by atoms with van der Waals surface area (Å²) >= 11 is 0. The maximum Gasteiger partial charge on any atom is 0.416 e. The molecule has 0 fully saturated rings. The van der Waals surface area contributed by atoms with E-state index < -0.39 is 23.6 Å². The van der Waals surface area contributed by atoms with Crippen LogP contribution in [0.3, 0.4) is 0 Å². The average molecular weight is 263 g/mol. The van der Waals surface area contributed by atoms with Gasteiger partial charge in [-0.25, -0.2) is 14.6 Å². The van der Waals surface area contributed by atoms with Crippen molar-refractivity contribution in [3.05, 3.63) is 34.6 Å². The minimum Gasteiger partial charge on any atom is -0.350 e. The Kier molecular flexibility index (Phi) is 3.89. The predicted molar refractivity (Wildman–Crippen MR) is 56.5 cm³/mol. The van der Waals surface area contributed by atoms with Crippen LogP contribution in [0.5, 0.6) is 0 Å². The molecule has 18 heavy (non-hydrogen) atoms. The molecule has 0 radical (unpaired) electrons. The van der Waals surface area contributed by atoms with E-state index in [0.29, 0.717) is 6.07 Å². The lowest BCUT2D eigenvalue weighted by Gasteiger charge is -2.11. The highest BCUT2D eigenvalue weighted by atomic mass is 19.4. The van der Waals surface area contributed by atoms with Crippen LogP contribution in [0.1, 0.15) is 16.7 Å². The van der Waals surface area contributed by atoms with Gasteiger partial charge in [0.1, 0.15) is 5.82 Å². The van der Waals surface area contributed by atoms with Gasteiger partial charge in [0.25, 0.3) is 0 Å². The van der Waals surface area contributed by atoms with Crippen molar-refractivity contribution in [2.75, 3.05) is 0 Å². The molecule has 0 saturated carbocycles. The van der Waals surface area contributed by atoms with E-state index in [0.717, 1.165) is 12.3 Å². The molecule has 3 N–H and O–H groups in total. The van der Waals surface area contributed by atoms with Gasteiger partial charge in [-0.1, -0.05) is 0 Å². The molecule has 0 bridgehead atoms. The molecule has 4 nitrogen and oxygen atoms in total. The number of alkyl halides is 3. The fraction of sp³-hybridized carbons (Fsp3) is 0.200. The zero-order valence-electron chi connectivity index (χ0n) is 9.18. The number of aryl methyl sites for hydroxylation is 1. The fourth-order valence-electron chi connectivity index (χ4n) is 1.27. The Morgan fingerprint density at radius 1 is 1.44 bits per heavy atom. The molecule has 1 aromatic carbocycles. The van der Waals surface area contributed by atoms with Gasteiger partial charge < -0.3 is 5.73 Å². The molecule has 0 heterocycles. The van der Waals surface area contributed by atoms with E-state index in [1.165, 1.54) is 6.92 Å². The first-order valence-electron chi connectivity index (χ1n) is 4.67. The smallest absolute Gasteiger partial charge is 0.350 e. The van der Waals surface area contributed by atoms with Gasteiger partial charge >= 0.3 is 12.2 Å². The van der Waals surface area contributed by atoms with Crippen molar-refractivity contribution in [2.45, 2.75) is 13.1 Å². The second kappa shape index (κ2) is 5.03. The first-order chi connectivity index (χ1) is 8.21. The molecule has 0 aliphatic rings. The maximum absolute atomic E-state index is 13.3. The number of halogens is 4. The number of rotatable bonds is 2. The number of nitrogens with one attached hydrogen (secondary N) is 1. The Morgan fingerprint density at radius 3 is 2.56 bits per heavy atom. The van der Waals surface area contributed by atoms with Crippen molar-refractivity contribution in [3.63, 3.8) is 0 Å². The number of primary amides is 1. The van der Waals surface area contributed by atoms with Crippen LogP contribution in [-0.2, 0) is 6.18 Å². The summed E-state index contributed by atoms with van der Waals surface area (Å²) in [6.07, 6.45) is -3.75. The minimum absolute atomic E-state index is 0.149. The van der Waals surface area contributed by atoms with Gasteiger partial charge in [-0.15, -0.1) is 0 Å². The highest BCUT2D eigenvalue weighted by Gasteiger charge is 2.33. The normalized spacial score (nSPS) is 11.8. The van der Waals surface area contributed by atoms with Gasteiger partial charge in [0, 0.05) is 5.56 Å². The van der Waals surface area contributed by atoms with Gasteiger partial charge in [-0.3, -0.25) is 0 Å². The van der Waals surface area contributed by atoms with Crippen molar-refractivity contribution >= 4 is 12.2 Å². The molecule has 2 amide bonds. The summed E-state index contributed by atoms with van der Waals surface area (Å²) in [6.45, 7) is 1.20. The summed E-state index contributed by atoms with van der Waals surface area (Å²) in [7, 11) is 0. The topological polar surface area (TPSA) is 67.5 Å². The lowest BCUT2D eigenvalue weighted by molar-refractivity contribution is -0.138. The summed E-state index contributed by atoms with van der Waals surface area (Å²) in [5.74, 6) is -1.09. The number of urea groups is 1. The third kappa shape index (κ3) is 3.44. The number of hydrogen-bond donors (Lipinski definition) is 2. The summed E-state index contributed by atoms with van der Waals surface area (Å²) in [4.78, 5) is 10.3. The number of nitrogens with two attached hydrogens (primary N) is 1. The Balaban J connectivity index is 3.08. The summed E-state index contributed by atoms with van der Waals surface area (Å²) in [5, 5.41) is 3.26. The van der Waals surface area contributed by atoms with Crippen molar-refractivity contribution in [2.24, 2.45) is 10.8 Å². The molecule has 0 unspecified atom stereocenters. The molecule has 1 rings (SSSR count). The standard InChI is InChI=1S/C10H9F4N3O/c1-5-2-6(4-16-17-9(15)18)8(11)3-7(5)10(12,13)14/h2-4H,1H3,(H3,15,17,18). The summed E-state index contributed by atoms with van der Waals surface area (Å²) < 4.78 is 50.7. The van der Waals surface area contributed by atoms with E-state index >= 15 is 0 Å². The maximum atomic E-state index is 13.3. The number of nitrogens with zero attached hydrogens (tertiary/aromatic N) is 1. The largest absolute Gasteiger partial charge is 0.416 e. The average Bonchev–Trinajstić information content (AvgIpc) is 2.20. The molecular weight excluding hydrogens is 254 g/mol. The predicted octanol–water partition coefficient (Wildman–Crippen LogP) is 2.16. The number of hydrazone groups is 1. The number of benzene rings is 1. The molecule has 0 spiro atoms. The first-order valence-corrected chi connectivity index (χ1v) is 4.67. The van der Waals surface area contributed by atoms with Crippen LogP contribution in [0.4, 0.5) is 22.4 Å². The number of amides is 2. The van der Waals surface area contributed by atoms with Gasteiger partial charge in [0.05, 0.1) is 11.8 Å². The van der Waals surface area contributed by atoms with Crippen LogP contribution in [0.25, 0.3) is 0 Å². The van der Waals surface area contributed by atoms with Crippen LogP contribution in [0.15, 0.2) is 17.2 Å². The lowest BCUT2D eigenvalue weighted by atomic mass is 10.0. The highest BCUT2D eigenvalue weighted by Crippen LogP contribution is 2.32. The molecule has 0 atom stereocenters. The van der Waals surface area contributed by atoms with Crippen LogP contribution in [0, 0.1) is 12.7 Å². The molecule has 8 heteroatoms. The van der Waals surface area contributed by atoms with Crippen LogP contribution in [-0.4, -0.2) is 12.2 Å². The van der Waals surface area contributed by atoms with E-state index in [4.69, 9.17) is 5.73 Å². The van der Waals surface area contributed by atoms with Gasteiger partial charge in [-0.2, -0.15) is 18.3 Å². The lowest BCUT2D eigenvalue weighted by Crippen LogP contribution is -2.24. The Labute approximate surface area is 99.5 Å². The number of carbonyl (C=O) groups excluding carboxylic acids is 1. The molecule has 0 aliphatic heterocycles. The van der Waals surface area contributed by atoms with Crippen LogP contribution in [0.2, 0.25) is 0 Å². The Morgan fingerprint density at radius 2 is 2.06 bits per heavy atom. The SMILES string of the molecule is Cc1cc(C=NNC(N)=O)c(F)cc1C(F)(F)F. The third-order valence-corrected chi connectivity index (χ3v) is 2.03. The van der Waals surface area contributed by atoms with Crippen molar-refractivity contribution in [3.8, 4) is 0 Å².